The molecule has 11 nitrogen and oxygen atoms in total. The van der Waals surface area contributed by atoms with Crippen LogP contribution in [0.2, 0.25) is 0 Å². The van der Waals surface area contributed by atoms with Crippen molar-refractivity contribution in [1.29, 1.82) is 0 Å². The molecule has 0 heterocycles. The molecule has 1 amide bonds. The lowest BCUT2D eigenvalue weighted by atomic mass is 10.0. The largest absolute Gasteiger partial charge is 0.480 e. The van der Waals surface area contributed by atoms with E-state index in [1.165, 1.54) is 180 Å². The number of carbonyl (C=O) groups excluding carboxylic acids is 2. The van der Waals surface area contributed by atoms with Gasteiger partial charge in [-0.1, -0.05) is 249 Å². The van der Waals surface area contributed by atoms with Crippen LogP contribution in [-0.4, -0.2) is 64.9 Å². The summed E-state index contributed by atoms with van der Waals surface area (Å²) in [5.41, 5.74) is 0. The minimum atomic E-state index is -4.77. The number of hydrogen-bond acceptors (Lipinski definition) is 8. The van der Waals surface area contributed by atoms with E-state index in [9.17, 15) is 34.1 Å². The summed E-state index contributed by atoms with van der Waals surface area (Å²) in [7, 11) is -4.77. The number of allylic oxidation sites excluding steroid dienone is 6. The van der Waals surface area contributed by atoms with Crippen LogP contribution in [0, 0.1) is 0 Å². The average Bonchev–Trinajstić information content (AvgIpc) is 3.33. The quantitative estimate of drug-likeness (QED) is 0.0199. The number of nitrogens with one attached hydrogen (secondary N) is 1. The molecule has 0 spiro atoms. The number of hydrogen-bond donors (Lipinski definition) is 4. The number of carboxylic acid groups (broad SMARTS) is 1. The van der Waals surface area contributed by atoms with E-state index in [2.05, 4.69) is 55.6 Å². The standard InChI is InChI=1S/C57H106NO10P/c1-3-5-7-9-11-13-15-17-19-21-23-25-26-27-29-30-32-34-36-38-40-42-44-46-48-55(60)58-54(57(62)63)52-68-69(64,65)67-51-53(59)50-66-56(61)49-47-45-43-41-39-37-35-33-31-28-24-22-20-18-16-14-12-10-8-6-4-2/h12,14,18,20,24,28,53-54,59H,3-11,13,15-17,19,21-23,25-27,29-52H2,1-2H3,(H,58,60)(H,62,63)(H,64,65)/b14-12-,20-18-,28-24-. The van der Waals surface area contributed by atoms with Crippen molar-refractivity contribution in [2.24, 2.45) is 0 Å². The van der Waals surface area contributed by atoms with Crippen LogP contribution in [0.25, 0.3) is 0 Å². The van der Waals surface area contributed by atoms with E-state index in [0.717, 1.165) is 57.8 Å². The third-order valence-corrected chi connectivity index (χ3v) is 13.6. The third-order valence-electron chi connectivity index (χ3n) is 12.7. The fraction of sp³-hybridized carbons (Fsp3) is 0.842. The fourth-order valence-corrected chi connectivity index (χ4v) is 9.04. The molecule has 0 bridgehead atoms. The lowest BCUT2D eigenvalue weighted by molar-refractivity contribution is -0.147. The second-order valence-electron chi connectivity index (χ2n) is 19.5. The molecule has 0 radical (unpaired) electrons. The Balaban J connectivity index is 3.77. The Bertz CT molecular complexity index is 1310. The van der Waals surface area contributed by atoms with E-state index < -0.39 is 57.6 Å². The third kappa shape index (κ3) is 51.9. The molecule has 0 saturated carbocycles. The van der Waals surface area contributed by atoms with Crippen molar-refractivity contribution in [1.82, 2.24) is 5.32 Å². The Morgan fingerprint density at radius 3 is 1.22 bits per heavy atom. The number of phosphoric ester groups is 1. The molecule has 0 rings (SSSR count). The van der Waals surface area contributed by atoms with Crippen LogP contribution >= 0.6 is 7.82 Å². The summed E-state index contributed by atoms with van der Waals surface area (Å²) in [4.78, 5) is 46.3. The van der Waals surface area contributed by atoms with E-state index in [1.807, 2.05) is 0 Å². The van der Waals surface area contributed by atoms with Crippen LogP contribution in [0.1, 0.15) is 277 Å². The van der Waals surface area contributed by atoms with Crippen LogP contribution in [-0.2, 0) is 32.7 Å². The summed E-state index contributed by atoms with van der Waals surface area (Å²) < 4.78 is 27.0. The molecular weight excluding hydrogens is 890 g/mol. The van der Waals surface area contributed by atoms with Gasteiger partial charge in [0.2, 0.25) is 5.91 Å². The van der Waals surface area contributed by atoms with Crippen molar-refractivity contribution < 1.29 is 47.8 Å². The Labute approximate surface area is 422 Å². The van der Waals surface area contributed by atoms with Crippen molar-refractivity contribution in [3.05, 3.63) is 36.5 Å². The van der Waals surface area contributed by atoms with Gasteiger partial charge in [0.05, 0.1) is 13.2 Å². The molecule has 0 aromatic carbocycles. The first kappa shape index (κ1) is 66.7. The highest BCUT2D eigenvalue weighted by Gasteiger charge is 2.28. The monoisotopic (exact) mass is 996 g/mol. The number of amides is 1. The van der Waals surface area contributed by atoms with E-state index >= 15 is 0 Å². The molecule has 69 heavy (non-hydrogen) atoms. The SMILES string of the molecule is CCCCC/C=C\C/C=C\C/C=C\CCCCCCCCCCC(=O)OCC(O)COP(=O)(O)OCC(NC(=O)CCCCCCCCCCCCCCCCCCCCCCCCCC)C(=O)O. The fourth-order valence-electron chi connectivity index (χ4n) is 8.27. The van der Waals surface area contributed by atoms with Crippen molar-refractivity contribution >= 4 is 25.7 Å². The molecular formula is C57H106NO10P. The zero-order valence-corrected chi connectivity index (χ0v) is 45.3. The van der Waals surface area contributed by atoms with Gasteiger partial charge in [0.1, 0.15) is 12.7 Å². The Morgan fingerprint density at radius 2 is 0.797 bits per heavy atom. The number of esters is 1. The predicted octanol–water partition coefficient (Wildman–Crippen LogP) is 16.3. The summed E-state index contributed by atoms with van der Waals surface area (Å²) in [6.07, 6.45) is 60.3. The zero-order chi connectivity index (χ0) is 50.6. The van der Waals surface area contributed by atoms with Crippen molar-refractivity contribution in [2.75, 3.05) is 19.8 Å². The molecule has 404 valence electrons. The Kier molecular flexibility index (Phi) is 50.3. The van der Waals surface area contributed by atoms with E-state index in [-0.39, 0.29) is 12.8 Å². The minimum Gasteiger partial charge on any atom is -0.480 e. The van der Waals surface area contributed by atoms with Gasteiger partial charge in [0.25, 0.3) is 0 Å². The van der Waals surface area contributed by atoms with Crippen LogP contribution in [0.15, 0.2) is 36.5 Å². The first-order valence-electron chi connectivity index (χ1n) is 28.5. The number of rotatable bonds is 54. The van der Waals surface area contributed by atoms with Crippen LogP contribution in [0.3, 0.4) is 0 Å². The van der Waals surface area contributed by atoms with Crippen molar-refractivity contribution in [2.45, 2.75) is 289 Å². The van der Waals surface area contributed by atoms with Gasteiger partial charge >= 0.3 is 19.8 Å². The predicted molar refractivity (Wildman–Crippen MR) is 286 cm³/mol. The lowest BCUT2D eigenvalue weighted by Gasteiger charge is -2.18. The normalized spacial score (nSPS) is 13.7. The number of carbonyl (C=O) groups is 3. The molecule has 0 saturated heterocycles. The maximum Gasteiger partial charge on any atom is 0.472 e. The second kappa shape index (κ2) is 52.0. The number of aliphatic hydroxyl groups excluding tert-OH is 1. The number of phosphoric acid groups is 1. The first-order valence-corrected chi connectivity index (χ1v) is 30.0. The van der Waals surface area contributed by atoms with E-state index in [1.54, 1.807) is 0 Å². The number of carboxylic acids is 1. The molecule has 3 unspecified atom stereocenters. The highest BCUT2D eigenvalue weighted by molar-refractivity contribution is 7.47. The van der Waals surface area contributed by atoms with Crippen LogP contribution in [0.5, 0.6) is 0 Å². The molecule has 0 aliphatic heterocycles. The smallest absolute Gasteiger partial charge is 0.472 e. The van der Waals surface area contributed by atoms with Crippen LogP contribution in [0.4, 0.5) is 0 Å². The maximum atomic E-state index is 12.4. The Hall–Kier alpha value is -2.30. The van der Waals surface area contributed by atoms with Crippen molar-refractivity contribution in [3.63, 3.8) is 0 Å². The highest BCUT2D eigenvalue weighted by Crippen LogP contribution is 2.43. The molecule has 0 aliphatic rings. The lowest BCUT2D eigenvalue weighted by Crippen LogP contribution is -2.43. The highest BCUT2D eigenvalue weighted by atomic mass is 31.2. The van der Waals surface area contributed by atoms with E-state index in [4.69, 9.17) is 13.8 Å². The van der Waals surface area contributed by atoms with Crippen molar-refractivity contribution in [3.8, 4) is 0 Å². The van der Waals surface area contributed by atoms with Gasteiger partial charge in [0.15, 0.2) is 6.04 Å². The summed E-state index contributed by atoms with van der Waals surface area (Å²) in [6, 6.07) is -1.55. The molecule has 0 aromatic rings. The van der Waals surface area contributed by atoms with Gasteiger partial charge in [-0.2, -0.15) is 0 Å². The van der Waals surface area contributed by atoms with Gasteiger partial charge < -0.3 is 25.2 Å². The minimum absolute atomic E-state index is 0.150. The summed E-state index contributed by atoms with van der Waals surface area (Å²) in [6.45, 7) is 2.62. The number of unbranched alkanes of at least 4 members (excludes halogenated alkanes) is 34. The number of aliphatic carboxylic acids is 1. The van der Waals surface area contributed by atoms with Gasteiger partial charge in [-0.3, -0.25) is 18.6 Å². The van der Waals surface area contributed by atoms with Gasteiger partial charge in [-0.15, -0.1) is 0 Å². The topological polar surface area (TPSA) is 169 Å². The first-order chi connectivity index (χ1) is 33.6. The molecule has 0 fully saturated rings. The van der Waals surface area contributed by atoms with Gasteiger partial charge in [0, 0.05) is 12.8 Å². The summed E-state index contributed by atoms with van der Waals surface area (Å²) >= 11 is 0. The average molecular weight is 996 g/mol. The molecule has 3 atom stereocenters. The van der Waals surface area contributed by atoms with Gasteiger partial charge in [-0.05, 0) is 51.4 Å². The zero-order valence-electron chi connectivity index (χ0n) is 44.4. The van der Waals surface area contributed by atoms with E-state index in [0.29, 0.717) is 12.8 Å². The van der Waals surface area contributed by atoms with Gasteiger partial charge in [-0.25, -0.2) is 9.36 Å². The molecule has 0 aromatic heterocycles. The Morgan fingerprint density at radius 1 is 0.464 bits per heavy atom. The van der Waals surface area contributed by atoms with Crippen LogP contribution < -0.4 is 5.32 Å². The summed E-state index contributed by atoms with van der Waals surface area (Å²) in [5, 5.41) is 22.0. The second-order valence-corrected chi connectivity index (χ2v) is 20.9. The molecule has 0 aliphatic carbocycles. The molecule has 4 N–H and O–H groups in total. The summed E-state index contributed by atoms with van der Waals surface area (Å²) in [5.74, 6) is -2.36. The maximum absolute atomic E-state index is 12.4. The number of aliphatic hydroxyl groups is 1. The molecule has 12 heteroatoms. The number of ether oxygens (including phenoxy) is 1.